The highest BCUT2D eigenvalue weighted by Crippen LogP contribution is 2.43. The normalized spacial score (nSPS) is 10.8. The Morgan fingerprint density at radius 2 is 1.73 bits per heavy atom. The van der Waals surface area contributed by atoms with Crippen LogP contribution >= 0.6 is 11.5 Å². The van der Waals surface area contributed by atoms with Crippen molar-refractivity contribution in [3.8, 4) is 39.6 Å². The van der Waals surface area contributed by atoms with Crippen LogP contribution in [0.4, 0.5) is 10.5 Å². The van der Waals surface area contributed by atoms with Gasteiger partial charge in [0.1, 0.15) is 0 Å². The van der Waals surface area contributed by atoms with Gasteiger partial charge in [-0.15, -0.1) is 0 Å². The summed E-state index contributed by atoms with van der Waals surface area (Å²) in [6.45, 7) is 4.62. The van der Waals surface area contributed by atoms with Crippen LogP contribution in [0.25, 0.3) is 22.4 Å². The summed E-state index contributed by atoms with van der Waals surface area (Å²) >= 11 is 1.34. The van der Waals surface area contributed by atoms with Crippen molar-refractivity contribution >= 4 is 23.3 Å². The number of aromatic nitrogens is 1. The lowest BCUT2D eigenvalue weighted by Crippen LogP contribution is -2.40. The van der Waals surface area contributed by atoms with Crippen LogP contribution in [0.1, 0.15) is 13.8 Å². The van der Waals surface area contributed by atoms with Crippen LogP contribution in [0.2, 0.25) is 0 Å². The number of methoxy groups -OCH3 is 3. The minimum absolute atomic E-state index is 0.323. The molecule has 176 valence electrons. The third kappa shape index (κ3) is 5.37. The smallest absolute Gasteiger partial charge is 0.346 e. The van der Waals surface area contributed by atoms with Crippen LogP contribution in [0.15, 0.2) is 41.8 Å². The number of benzene rings is 2. The van der Waals surface area contributed by atoms with Crippen molar-refractivity contribution in [2.24, 2.45) is 5.92 Å². The van der Waals surface area contributed by atoms with Crippen LogP contribution in [0.5, 0.6) is 17.2 Å². The maximum absolute atomic E-state index is 12.6. The number of hydrogen-bond donors (Lipinski definition) is 1. The van der Waals surface area contributed by atoms with E-state index in [-0.39, 0.29) is 6.03 Å². The van der Waals surface area contributed by atoms with Gasteiger partial charge in [-0.1, -0.05) is 26.0 Å². The molecule has 0 radical (unpaired) electrons. The molecule has 3 aromatic rings. The first-order valence-electron chi connectivity index (χ1n) is 10.4. The van der Waals surface area contributed by atoms with E-state index in [4.69, 9.17) is 19.0 Å². The van der Waals surface area contributed by atoms with Gasteiger partial charge in [0.25, 0.3) is 0 Å². The molecule has 0 unspecified atom stereocenters. The molecule has 2 aromatic carbocycles. The maximum atomic E-state index is 12.6. The predicted molar refractivity (Wildman–Crippen MR) is 130 cm³/mol. The summed E-state index contributed by atoms with van der Waals surface area (Å²) in [4.78, 5) is 18.0. The van der Waals surface area contributed by atoms with E-state index in [1.165, 1.54) is 23.7 Å². The van der Waals surface area contributed by atoms with Crippen molar-refractivity contribution in [1.29, 1.82) is 0 Å². The van der Waals surface area contributed by atoms with Gasteiger partial charge in [-0.05, 0) is 47.3 Å². The maximum Gasteiger partial charge on any atom is 0.346 e. The Bertz CT molecular complexity index is 1070. The quantitative estimate of drug-likeness (QED) is 0.430. The lowest BCUT2D eigenvalue weighted by molar-refractivity contribution is 0.162. The Morgan fingerprint density at radius 1 is 1.03 bits per heavy atom. The first kappa shape index (κ1) is 24.3. The number of nitrogens with zero attached hydrogens (tertiary/aromatic N) is 2. The highest BCUT2D eigenvalue weighted by molar-refractivity contribution is 7.04. The van der Waals surface area contributed by atoms with Crippen LogP contribution in [-0.2, 0) is 4.84 Å². The molecule has 0 aliphatic heterocycles. The van der Waals surface area contributed by atoms with E-state index in [1.807, 2.05) is 55.6 Å². The predicted octanol–water partition coefficient (Wildman–Crippen LogP) is 5.24. The van der Waals surface area contributed by atoms with E-state index in [1.54, 1.807) is 21.3 Å². The van der Waals surface area contributed by atoms with Gasteiger partial charge in [0.15, 0.2) is 11.5 Å². The standard InChI is InChI=1S/C24H29N3O5S/c1-15(2)13-25-24(28)27(32-6)18-9-7-8-16(10-18)19-14-33-26-22(19)17-11-20(29-3)23(31-5)21(12-17)30-4/h7-12,14-15H,13H2,1-6H3,(H,25,28). The van der Waals surface area contributed by atoms with Crippen molar-refractivity contribution in [2.45, 2.75) is 13.8 Å². The van der Waals surface area contributed by atoms with Crippen LogP contribution < -0.4 is 24.6 Å². The molecule has 1 N–H and O–H groups in total. The Balaban J connectivity index is 2.00. The zero-order valence-corrected chi connectivity index (χ0v) is 20.5. The molecule has 0 spiro atoms. The van der Waals surface area contributed by atoms with Gasteiger partial charge in [0.2, 0.25) is 5.75 Å². The fraction of sp³-hybridized carbons (Fsp3) is 0.333. The number of ether oxygens (including phenoxy) is 3. The van der Waals surface area contributed by atoms with Gasteiger partial charge in [0.05, 0.1) is 39.8 Å². The van der Waals surface area contributed by atoms with Crippen LogP contribution in [0, 0.1) is 5.92 Å². The minimum atomic E-state index is -0.323. The average Bonchev–Trinajstić information content (AvgIpc) is 3.32. The van der Waals surface area contributed by atoms with E-state index in [0.717, 1.165) is 22.4 Å². The van der Waals surface area contributed by atoms with Crippen LogP contribution in [-0.4, -0.2) is 45.4 Å². The lowest BCUT2D eigenvalue weighted by atomic mass is 10.0. The second kappa shape index (κ2) is 11.0. The molecule has 0 saturated heterocycles. The summed E-state index contributed by atoms with van der Waals surface area (Å²) in [5.41, 5.74) is 4.01. The Morgan fingerprint density at radius 3 is 2.30 bits per heavy atom. The summed E-state index contributed by atoms with van der Waals surface area (Å²) in [6.07, 6.45) is 0. The number of hydrogen-bond acceptors (Lipinski definition) is 7. The average molecular weight is 472 g/mol. The van der Waals surface area contributed by atoms with E-state index < -0.39 is 0 Å². The third-order valence-electron chi connectivity index (χ3n) is 4.93. The first-order chi connectivity index (χ1) is 15.9. The second-order valence-corrected chi connectivity index (χ2v) is 8.23. The molecule has 1 heterocycles. The molecule has 9 heteroatoms. The topological polar surface area (TPSA) is 82.2 Å². The number of urea groups is 1. The van der Waals surface area contributed by atoms with Crippen LogP contribution in [0.3, 0.4) is 0 Å². The molecule has 8 nitrogen and oxygen atoms in total. The van der Waals surface area contributed by atoms with Gasteiger partial charge >= 0.3 is 6.03 Å². The summed E-state index contributed by atoms with van der Waals surface area (Å²) in [5, 5.41) is 6.08. The summed E-state index contributed by atoms with van der Waals surface area (Å²) in [5.74, 6) is 1.95. The second-order valence-electron chi connectivity index (χ2n) is 7.60. The Kier molecular flexibility index (Phi) is 8.13. The number of rotatable bonds is 9. The summed E-state index contributed by atoms with van der Waals surface area (Å²) < 4.78 is 21.0. The molecule has 33 heavy (non-hydrogen) atoms. The first-order valence-corrected chi connectivity index (χ1v) is 11.2. The molecule has 0 aliphatic rings. The lowest BCUT2D eigenvalue weighted by Gasteiger charge is -2.21. The zero-order valence-electron chi connectivity index (χ0n) is 19.7. The highest BCUT2D eigenvalue weighted by atomic mass is 32.1. The number of nitrogens with one attached hydrogen (secondary N) is 1. The molecule has 1 aromatic heterocycles. The SMILES string of the molecule is COc1cc(-c2nscc2-c2cccc(N(OC)C(=O)NCC(C)C)c2)cc(OC)c1OC. The molecule has 3 rings (SSSR count). The van der Waals surface area contributed by atoms with Crippen molar-refractivity contribution in [1.82, 2.24) is 9.69 Å². The fourth-order valence-electron chi connectivity index (χ4n) is 3.34. The van der Waals surface area contributed by atoms with E-state index >= 15 is 0 Å². The van der Waals surface area contributed by atoms with Crippen molar-refractivity contribution in [3.05, 3.63) is 41.8 Å². The van der Waals surface area contributed by atoms with Crippen molar-refractivity contribution in [2.75, 3.05) is 40.0 Å². The number of carbonyl (C=O) groups excluding carboxylic acids is 1. The summed E-state index contributed by atoms with van der Waals surface area (Å²) in [7, 11) is 6.19. The molecule has 0 bridgehead atoms. The largest absolute Gasteiger partial charge is 0.493 e. The monoisotopic (exact) mass is 471 g/mol. The molecule has 0 atom stereocenters. The minimum Gasteiger partial charge on any atom is -0.493 e. The number of hydroxylamine groups is 1. The van der Waals surface area contributed by atoms with E-state index in [2.05, 4.69) is 9.69 Å². The van der Waals surface area contributed by atoms with Gasteiger partial charge in [-0.3, -0.25) is 4.84 Å². The van der Waals surface area contributed by atoms with Crippen molar-refractivity contribution < 1.29 is 23.8 Å². The molecular weight excluding hydrogens is 442 g/mol. The molecule has 0 saturated carbocycles. The van der Waals surface area contributed by atoms with Gasteiger partial charge in [-0.2, -0.15) is 9.44 Å². The summed E-state index contributed by atoms with van der Waals surface area (Å²) in [6, 6.07) is 11.0. The molecule has 0 aliphatic carbocycles. The number of anilines is 1. The Labute approximate surface area is 198 Å². The third-order valence-corrected chi connectivity index (χ3v) is 5.56. The highest BCUT2D eigenvalue weighted by Gasteiger charge is 2.20. The van der Waals surface area contributed by atoms with E-state index in [0.29, 0.717) is 35.4 Å². The van der Waals surface area contributed by atoms with E-state index in [9.17, 15) is 4.79 Å². The number of amides is 2. The van der Waals surface area contributed by atoms with Crippen molar-refractivity contribution in [3.63, 3.8) is 0 Å². The van der Waals surface area contributed by atoms with Gasteiger partial charge < -0.3 is 19.5 Å². The Hall–Kier alpha value is -3.30. The zero-order chi connectivity index (χ0) is 24.0. The van der Waals surface area contributed by atoms with Gasteiger partial charge in [-0.25, -0.2) is 4.79 Å². The molecule has 2 amide bonds. The fourth-order valence-corrected chi connectivity index (χ4v) is 4.05. The van der Waals surface area contributed by atoms with Gasteiger partial charge in [0, 0.05) is 23.1 Å². The molecule has 0 fully saturated rings. The number of carbonyl (C=O) groups is 1. The molecular formula is C24H29N3O5S.